The van der Waals surface area contributed by atoms with Crippen LogP contribution in [0, 0.1) is 11.7 Å². The summed E-state index contributed by atoms with van der Waals surface area (Å²) < 4.78 is 14.0. The van der Waals surface area contributed by atoms with Crippen LogP contribution in [0.1, 0.15) is 26.7 Å². The van der Waals surface area contributed by atoms with Gasteiger partial charge in [0.25, 0.3) is 0 Å². The lowest BCUT2D eigenvalue weighted by atomic mass is 10.1. The SMILES string of the molecule is CCN(CC)CC1CCN(C(=NC)NCCCN2CCN(c3ccccc3F)CC2)C1. The minimum Gasteiger partial charge on any atom is -0.367 e. The molecule has 0 radical (unpaired) electrons. The van der Waals surface area contributed by atoms with E-state index in [1.807, 2.05) is 19.2 Å². The topological polar surface area (TPSA) is 37.4 Å². The molecule has 0 spiro atoms. The number of nitrogens with zero attached hydrogens (tertiary/aromatic N) is 5. The molecule has 1 aromatic carbocycles. The highest BCUT2D eigenvalue weighted by molar-refractivity contribution is 5.80. The fourth-order valence-corrected chi connectivity index (χ4v) is 4.78. The normalized spacial score (nSPS) is 20.7. The summed E-state index contributed by atoms with van der Waals surface area (Å²) in [6.45, 7) is 15.9. The van der Waals surface area contributed by atoms with Gasteiger partial charge in [0.15, 0.2) is 5.96 Å². The highest BCUT2D eigenvalue weighted by Gasteiger charge is 2.26. The summed E-state index contributed by atoms with van der Waals surface area (Å²) in [4.78, 5) is 14.1. The number of piperazine rings is 1. The molecule has 2 fully saturated rings. The average molecular weight is 433 g/mol. The van der Waals surface area contributed by atoms with E-state index in [0.29, 0.717) is 0 Å². The monoisotopic (exact) mass is 432 g/mol. The van der Waals surface area contributed by atoms with Crippen LogP contribution in [0.15, 0.2) is 29.3 Å². The Bertz CT molecular complexity index is 684. The molecule has 2 aliphatic heterocycles. The number of hydrogen-bond acceptors (Lipinski definition) is 4. The van der Waals surface area contributed by atoms with Crippen molar-refractivity contribution in [2.75, 3.05) is 83.9 Å². The number of guanidine groups is 1. The fourth-order valence-electron chi connectivity index (χ4n) is 4.78. The molecule has 174 valence electrons. The molecular formula is C24H41FN6. The van der Waals surface area contributed by atoms with Gasteiger partial charge >= 0.3 is 0 Å². The molecule has 1 N–H and O–H groups in total. The Balaban J connectivity index is 1.33. The largest absolute Gasteiger partial charge is 0.367 e. The van der Waals surface area contributed by atoms with E-state index in [2.05, 4.69) is 43.8 Å². The molecule has 6 nitrogen and oxygen atoms in total. The van der Waals surface area contributed by atoms with Gasteiger partial charge in [-0.15, -0.1) is 0 Å². The third kappa shape index (κ3) is 6.81. The van der Waals surface area contributed by atoms with Crippen molar-refractivity contribution in [3.05, 3.63) is 30.1 Å². The molecule has 1 aromatic rings. The lowest BCUT2D eigenvalue weighted by molar-refractivity contribution is 0.253. The van der Waals surface area contributed by atoms with Crippen LogP contribution >= 0.6 is 0 Å². The molecule has 0 aromatic heterocycles. The first-order chi connectivity index (χ1) is 15.1. The number of benzene rings is 1. The first-order valence-electron chi connectivity index (χ1n) is 12.0. The zero-order chi connectivity index (χ0) is 22.1. The molecule has 7 heteroatoms. The van der Waals surface area contributed by atoms with Gasteiger partial charge in [0.2, 0.25) is 0 Å². The van der Waals surface area contributed by atoms with Crippen molar-refractivity contribution in [1.29, 1.82) is 0 Å². The van der Waals surface area contributed by atoms with Crippen LogP contribution in [0.3, 0.4) is 0 Å². The number of aliphatic imine (C=N–C) groups is 1. The molecule has 0 aliphatic carbocycles. The van der Waals surface area contributed by atoms with Crippen molar-refractivity contribution in [3.63, 3.8) is 0 Å². The quantitative estimate of drug-likeness (QED) is 0.369. The summed E-state index contributed by atoms with van der Waals surface area (Å²) in [5, 5.41) is 3.57. The maximum atomic E-state index is 14.0. The second-order valence-electron chi connectivity index (χ2n) is 8.69. The van der Waals surface area contributed by atoms with Gasteiger partial charge in [-0.2, -0.15) is 0 Å². The summed E-state index contributed by atoms with van der Waals surface area (Å²) in [6.07, 6.45) is 2.35. The van der Waals surface area contributed by atoms with Gasteiger partial charge in [-0.05, 0) is 50.5 Å². The predicted molar refractivity (Wildman–Crippen MR) is 128 cm³/mol. The molecule has 2 saturated heterocycles. The van der Waals surface area contributed by atoms with Gasteiger partial charge < -0.3 is 20.0 Å². The third-order valence-corrected chi connectivity index (χ3v) is 6.71. The Hall–Kier alpha value is -1.86. The van der Waals surface area contributed by atoms with E-state index < -0.39 is 0 Å². The number of hydrogen-bond donors (Lipinski definition) is 1. The van der Waals surface area contributed by atoms with Crippen molar-refractivity contribution in [2.45, 2.75) is 26.7 Å². The molecule has 0 amide bonds. The zero-order valence-corrected chi connectivity index (χ0v) is 19.7. The second-order valence-corrected chi connectivity index (χ2v) is 8.69. The maximum absolute atomic E-state index is 14.0. The van der Waals surface area contributed by atoms with Crippen molar-refractivity contribution >= 4 is 11.6 Å². The smallest absolute Gasteiger partial charge is 0.193 e. The van der Waals surface area contributed by atoms with E-state index in [4.69, 9.17) is 0 Å². The fraction of sp³-hybridized carbons (Fsp3) is 0.708. The minimum absolute atomic E-state index is 0.118. The first-order valence-corrected chi connectivity index (χ1v) is 12.0. The Labute approximate surface area is 188 Å². The van der Waals surface area contributed by atoms with Gasteiger partial charge in [0, 0.05) is 59.4 Å². The van der Waals surface area contributed by atoms with E-state index in [9.17, 15) is 4.39 Å². The molecule has 0 saturated carbocycles. The van der Waals surface area contributed by atoms with Crippen LogP contribution in [0.25, 0.3) is 0 Å². The molecule has 31 heavy (non-hydrogen) atoms. The van der Waals surface area contributed by atoms with Crippen LogP contribution in [0.4, 0.5) is 10.1 Å². The lowest BCUT2D eigenvalue weighted by Gasteiger charge is -2.36. The van der Waals surface area contributed by atoms with Crippen LogP contribution in [0.5, 0.6) is 0 Å². The van der Waals surface area contributed by atoms with Crippen molar-refractivity contribution in [1.82, 2.24) is 20.0 Å². The average Bonchev–Trinajstić information content (AvgIpc) is 3.26. The second kappa shape index (κ2) is 12.2. The van der Waals surface area contributed by atoms with Crippen LogP contribution in [-0.2, 0) is 0 Å². The zero-order valence-electron chi connectivity index (χ0n) is 19.7. The van der Waals surface area contributed by atoms with Gasteiger partial charge in [-0.3, -0.25) is 9.89 Å². The van der Waals surface area contributed by atoms with Gasteiger partial charge in [-0.1, -0.05) is 26.0 Å². The number of anilines is 1. The molecule has 1 atom stereocenters. The van der Waals surface area contributed by atoms with E-state index in [1.54, 1.807) is 12.1 Å². The van der Waals surface area contributed by atoms with E-state index in [-0.39, 0.29) is 5.82 Å². The van der Waals surface area contributed by atoms with Crippen molar-refractivity contribution < 1.29 is 4.39 Å². The number of nitrogens with one attached hydrogen (secondary N) is 1. The first kappa shape index (κ1) is 23.8. The number of rotatable bonds is 9. The highest BCUT2D eigenvalue weighted by Crippen LogP contribution is 2.20. The minimum atomic E-state index is -0.118. The van der Waals surface area contributed by atoms with E-state index >= 15 is 0 Å². The summed E-state index contributed by atoms with van der Waals surface area (Å²) in [7, 11) is 1.89. The van der Waals surface area contributed by atoms with Crippen LogP contribution in [0.2, 0.25) is 0 Å². The number of halogens is 1. The summed E-state index contributed by atoms with van der Waals surface area (Å²) in [5.41, 5.74) is 0.734. The number of para-hydroxylation sites is 1. The van der Waals surface area contributed by atoms with Gasteiger partial charge in [0.1, 0.15) is 5.82 Å². The van der Waals surface area contributed by atoms with Crippen molar-refractivity contribution in [3.8, 4) is 0 Å². The summed E-state index contributed by atoms with van der Waals surface area (Å²) in [6, 6.07) is 7.09. The van der Waals surface area contributed by atoms with Gasteiger partial charge in [0.05, 0.1) is 5.69 Å². The molecule has 2 heterocycles. The summed E-state index contributed by atoms with van der Waals surface area (Å²) >= 11 is 0. The van der Waals surface area contributed by atoms with Crippen LogP contribution < -0.4 is 10.2 Å². The molecule has 3 rings (SSSR count). The molecule has 2 aliphatic rings. The summed E-state index contributed by atoms with van der Waals surface area (Å²) in [5.74, 6) is 1.67. The standard InChI is InChI=1S/C24H41FN6/c1-4-28(5-2)19-21-11-14-31(20-21)24(26-3)27-12-8-13-29-15-17-30(18-16-29)23-10-7-6-9-22(23)25/h6-7,9-10,21H,4-5,8,11-20H2,1-3H3,(H,26,27). The molecule has 0 bridgehead atoms. The molecule has 1 unspecified atom stereocenters. The molecular weight excluding hydrogens is 391 g/mol. The maximum Gasteiger partial charge on any atom is 0.193 e. The Morgan fingerprint density at radius 2 is 1.87 bits per heavy atom. The highest BCUT2D eigenvalue weighted by atomic mass is 19.1. The Morgan fingerprint density at radius 3 is 2.55 bits per heavy atom. The Kier molecular flexibility index (Phi) is 9.40. The Morgan fingerprint density at radius 1 is 1.13 bits per heavy atom. The van der Waals surface area contributed by atoms with Crippen LogP contribution in [-0.4, -0.2) is 99.7 Å². The van der Waals surface area contributed by atoms with Gasteiger partial charge in [-0.25, -0.2) is 4.39 Å². The third-order valence-electron chi connectivity index (χ3n) is 6.71. The number of likely N-dealkylation sites (tertiary alicyclic amines) is 1. The lowest BCUT2D eigenvalue weighted by Crippen LogP contribution is -2.47. The van der Waals surface area contributed by atoms with E-state index in [1.165, 1.54) is 13.0 Å². The van der Waals surface area contributed by atoms with E-state index in [0.717, 1.165) is 89.4 Å². The predicted octanol–water partition coefficient (Wildman–Crippen LogP) is 2.58. The van der Waals surface area contributed by atoms with Crippen molar-refractivity contribution in [2.24, 2.45) is 10.9 Å².